The van der Waals surface area contributed by atoms with E-state index in [0.717, 1.165) is 38.6 Å². The third-order valence-electron chi connectivity index (χ3n) is 6.33. The third kappa shape index (κ3) is 13.8. The molecule has 1 saturated heterocycles. The lowest BCUT2D eigenvalue weighted by atomic mass is 10.0. The van der Waals surface area contributed by atoms with E-state index in [1.165, 1.54) is 51.4 Å². The van der Waals surface area contributed by atoms with Gasteiger partial charge in [0.25, 0.3) is 0 Å². The van der Waals surface area contributed by atoms with Crippen molar-refractivity contribution >= 4 is 17.9 Å². The lowest BCUT2D eigenvalue weighted by molar-refractivity contribution is -0.135. The van der Waals surface area contributed by atoms with E-state index in [1.807, 2.05) is 4.90 Å². The number of hydrogen-bond acceptors (Lipinski definition) is 4. The average molecular weight is 482 g/mol. The molecule has 1 fully saturated rings. The van der Waals surface area contributed by atoms with E-state index in [1.54, 1.807) is 27.7 Å². The molecule has 0 saturated carbocycles. The van der Waals surface area contributed by atoms with Crippen molar-refractivity contribution in [3.63, 3.8) is 0 Å². The first-order valence-corrected chi connectivity index (χ1v) is 13.7. The number of hydrogen-bond donors (Lipinski definition) is 2. The van der Waals surface area contributed by atoms with Gasteiger partial charge < -0.3 is 20.3 Å². The van der Waals surface area contributed by atoms with Gasteiger partial charge in [-0.1, -0.05) is 64.7 Å². The smallest absolute Gasteiger partial charge is 0.408 e. The zero-order valence-electron chi connectivity index (χ0n) is 22.5. The van der Waals surface area contributed by atoms with Crippen molar-refractivity contribution in [2.75, 3.05) is 13.1 Å². The Balaban J connectivity index is 2.29. The molecule has 34 heavy (non-hydrogen) atoms. The van der Waals surface area contributed by atoms with Gasteiger partial charge in [-0.25, -0.2) is 4.79 Å². The Morgan fingerprint density at radius 1 is 0.941 bits per heavy atom. The van der Waals surface area contributed by atoms with E-state index in [-0.39, 0.29) is 17.9 Å². The first kappa shape index (κ1) is 30.2. The number of amides is 3. The molecule has 0 aromatic heterocycles. The van der Waals surface area contributed by atoms with Gasteiger partial charge >= 0.3 is 6.09 Å². The molecule has 0 spiro atoms. The van der Waals surface area contributed by atoms with Crippen LogP contribution in [0.1, 0.15) is 125 Å². The maximum Gasteiger partial charge on any atom is 0.408 e. The summed E-state index contributed by atoms with van der Waals surface area (Å²) >= 11 is 0. The summed E-state index contributed by atoms with van der Waals surface area (Å²) in [7, 11) is 0. The maximum atomic E-state index is 12.8. The number of unbranched alkanes of at least 4 members (excludes halogenated alkanes) is 9. The molecule has 0 aromatic carbocycles. The number of rotatable bonds is 15. The summed E-state index contributed by atoms with van der Waals surface area (Å²) in [5.74, 6) is -0.0584. The number of ether oxygens (including phenoxy) is 1. The summed E-state index contributed by atoms with van der Waals surface area (Å²) in [6, 6.07) is -0.670. The van der Waals surface area contributed by atoms with Gasteiger partial charge in [0.1, 0.15) is 11.6 Å². The Bertz CT molecular complexity index is 603. The predicted octanol–water partition coefficient (Wildman–Crippen LogP) is 5.71. The molecular formula is C27H51N3O4. The van der Waals surface area contributed by atoms with Crippen LogP contribution in [0.15, 0.2) is 0 Å². The minimum Gasteiger partial charge on any atom is -0.444 e. The number of piperidine rings is 1. The molecule has 1 rings (SSSR count). The van der Waals surface area contributed by atoms with Crippen LogP contribution in [-0.2, 0) is 14.3 Å². The highest BCUT2D eigenvalue weighted by Crippen LogP contribution is 2.19. The molecule has 198 valence electrons. The van der Waals surface area contributed by atoms with Crippen molar-refractivity contribution in [2.45, 2.75) is 142 Å². The molecule has 0 radical (unpaired) electrons. The summed E-state index contributed by atoms with van der Waals surface area (Å²) in [5.41, 5.74) is -0.614. The van der Waals surface area contributed by atoms with Gasteiger partial charge in [-0.15, -0.1) is 0 Å². The highest BCUT2D eigenvalue weighted by molar-refractivity contribution is 5.85. The van der Waals surface area contributed by atoms with Crippen molar-refractivity contribution in [1.29, 1.82) is 0 Å². The first-order valence-electron chi connectivity index (χ1n) is 13.7. The van der Waals surface area contributed by atoms with Gasteiger partial charge in [-0.05, 0) is 53.4 Å². The zero-order chi connectivity index (χ0) is 25.4. The molecule has 2 unspecified atom stereocenters. The van der Waals surface area contributed by atoms with Crippen LogP contribution in [0, 0.1) is 0 Å². The number of likely N-dealkylation sites (tertiary alicyclic amines) is 1. The number of nitrogens with one attached hydrogen (secondary N) is 2. The van der Waals surface area contributed by atoms with Crippen LogP contribution in [0.2, 0.25) is 0 Å². The molecule has 0 bridgehead atoms. The summed E-state index contributed by atoms with van der Waals surface area (Å²) < 4.78 is 5.21. The van der Waals surface area contributed by atoms with E-state index in [9.17, 15) is 14.4 Å². The van der Waals surface area contributed by atoms with Crippen LogP contribution in [0.25, 0.3) is 0 Å². The third-order valence-corrected chi connectivity index (χ3v) is 6.33. The van der Waals surface area contributed by atoms with Crippen LogP contribution in [-0.4, -0.2) is 53.6 Å². The van der Waals surface area contributed by atoms with Crippen LogP contribution in [0.3, 0.4) is 0 Å². The topological polar surface area (TPSA) is 87.7 Å². The molecule has 7 heteroatoms. The standard InChI is InChI=1S/C27H51N3O4/c1-6-7-8-9-10-11-12-13-14-15-19-24(31)30-20-17-16-18-23(30)21-28-25(32)22(2)29-26(33)34-27(3,4)5/h22-23H,6-21H2,1-5H3,(H,28,32)(H,29,33). The molecule has 0 aromatic rings. The second kappa shape index (κ2) is 16.8. The Kier molecular flexibility index (Phi) is 14.9. The van der Waals surface area contributed by atoms with Crippen molar-refractivity contribution in [3.8, 4) is 0 Å². The number of carbonyl (C=O) groups is 3. The highest BCUT2D eigenvalue weighted by Gasteiger charge is 2.27. The molecule has 1 aliphatic rings. The SMILES string of the molecule is CCCCCCCCCCCCC(=O)N1CCCCC1CNC(=O)C(C)NC(=O)OC(C)(C)C. The monoisotopic (exact) mass is 481 g/mol. The van der Waals surface area contributed by atoms with E-state index >= 15 is 0 Å². The van der Waals surface area contributed by atoms with Crippen molar-refractivity contribution in [1.82, 2.24) is 15.5 Å². The maximum absolute atomic E-state index is 12.8. The number of nitrogens with zero attached hydrogens (tertiary/aromatic N) is 1. The van der Waals surface area contributed by atoms with Crippen LogP contribution in [0.5, 0.6) is 0 Å². The normalized spacial score (nSPS) is 17.2. The van der Waals surface area contributed by atoms with Crippen molar-refractivity contribution in [3.05, 3.63) is 0 Å². The molecule has 1 aliphatic heterocycles. The summed E-state index contributed by atoms with van der Waals surface area (Å²) in [6.07, 6.45) is 15.5. The molecular weight excluding hydrogens is 430 g/mol. The predicted molar refractivity (Wildman–Crippen MR) is 138 cm³/mol. The van der Waals surface area contributed by atoms with E-state index in [2.05, 4.69) is 17.6 Å². The van der Waals surface area contributed by atoms with Crippen molar-refractivity contribution in [2.24, 2.45) is 0 Å². The largest absolute Gasteiger partial charge is 0.444 e. The summed E-state index contributed by atoms with van der Waals surface area (Å²) in [6.45, 7) is 10.4. The van der Waals surface area contributed by atoms with Gasteiger partial charge in [0.05, 0.1) is 0 Å². The Morgan fingerprint density at radius 2 is 1.53 bits per heavy atom. The van der Waals surface area contributed by atoms with Gasteiger partial charge in [0.2, 0.25) is 11.8 Å². The van der Waals surface area contributed by atoms with Gasteiger partial charge in [0, 0.05) is 25.6 Å². The molecule has 1 heterocycles. The molecule has 0 aliphatic carbocycles. The highest BCUT2D eigenvalue weighted by atomic mass is 16.6. The van der Waals surface area contributed by atoms with E-state index in [0.29, 0.717) is 13.0 Å². The molecule has 2 atom stereocenters. The summed E-state index contributed by atoms with van der Waals surface area (Å²) in [5, 5.41) is 5.48. The van der Waals surface area contributed by atoms with Crippen LogP contribution < -0.4 is 10.6 Å². The van der Waals surface area contributed by atoms with Crippen LogP contribution >= 0.6 is 0 Å². The zero-order valence-corrected chi connectivity index (χ0v) is 22.5. The summed E-state index contributed by atoms with van der Waals surface area (Å²) in [4.78, 5) is 39.1. The Morgan fingerprint density at radius 3 is 2.12 bits per heavy atom. The number of carbonyl (C=O) groups excluding carboxylic acids is 3. The second-order valence-corrected chi connectivity index (χ2v) is 10.8. The lowest BCUT2D eigenvalue weighted by Crippen LogP contribution is -2.52. The van der Waals surface area contributed by atoms with Gasteiger partial charge in [-0.2, -0.15) is 0 Å². The first-order chi connectivity index (χ1) is 16.1. The number of alkyl carbamates (subject to hydrolysis) is 1. The van der Waals surface area contributed by atoms with Gasteiger partial charge in [0.15, 0.2) is 0 Å². The minimum atomic E-state index is -0.700. The molecule has 3 amide bonds. The van der Waals surface area contributed by atoms with Gasteiger partial charge in [-0.3, -0.25) is 9.59 Å². The Hall–Kier alpha value is -1.79. The Labute approximate surface area is 208 Å². The average Bonchev–Trinajstić information content (AvgIpc) is 2.77. The van der Waals surface area contributed by atoms with E-state index < -0.39 is 17.7 Å². The molecule has 2 N–H and O–H groups in total. The minimum absolute atomic E-state index is 0.0297. The quantitative estimate of drug-likeness (QED) is 0.293. The van der Waals surface area contributed by atoms with Crippen LogP contribution in [0.4, 0.5) is 4.79 Å². The fourth-order valence-corrected chi connectivity index (χ4v) is 4.37. The fraction of sp³-hybridized carbons (Fsp3) is 0.889. The lowest BCUT2D eigenvalue weighted by Gasteiger charge is -2.36. The molecule has 7 nitrogen and oxygen atoms in total. The second-order valence-electron chi connectivity index (χ2n) is 10.8. The van der Waals surface area contributed by atoms with Crippen molar-refractivity contribution < 1.29 is 19.1 Å². The van der Waals surface area contributed by atoms with E-state index in [4.69, 9.17) is 4.74 Å². The fourth-order valence-electron chi connectivity index (χ4n) is 4.37.